The number of benzene rings is 1. The molecule has 2 heterocycles. The number of ketones is 1. The summed E-state index contributed by atoms with van der Waals surface area (Å²) in [6.07, 6.45) is -1.25. The number of carbonyl (C=O) groups excluding carboxylic acids is 3. The van der Waals surface area contributed by atoms with E-state index >= 15 is 0 Å². The van der Waals surface area contributed by atoms with E-state index in [1.165, 1.54) is 0 Å². The fourth-order valence-electron chi connectivity index (χ4n) is 3.52. The van der Waals surface area contributed by atoms with E-state index in [1.807, 2.05) is 27.7 Å². The van der Waals surface area contributed by atoms with Crippen molar-refractivity contribution >= 4 is 23.3 Å². The van der Waals surface area contributed by atoms with Crippen molar-refractivity contribution in [3.63, 3.8) is 0 Å². The second-order valence-electron chi connectivity index (χ2n) is 7.13. The summed E-state index contributed by atoms with van der Waals surface area (Å²) in [6.45, 7) is 7.53. The first-order valence-electron chi connectivity index (χ1n) is 9.21. The maximum atomic E-state index is 12.5. The quantitative estimate of drug-likeness (QED) is 0.610. The van der Waals surface area contributed by atoms with Crippen LogP contribution in [0, 0.1) is 13.8 Å². The Morgan fingerprint density at radius 3 is 2.64 bits per heavy atom. The molecule has 0 saturated carbocycles. The molecule has 1 aliphatic rings. The number of carbonyl (C=O) groups is 3. The first kappa shape index (κ1) is 19.7. The van der Waals surface area contributed by atoms with Gasteiger partial charge in [-0.05, 0) is 45.9 Å². The highest BCUT2D eigenvalue weighted by Crippen LogP contribution is 2.29. The zero-order valence-corrected chi connectivity index (χ0v) is 16.4. The highest BCUT2D eigenvalue weighted by atomic mass is 16.5. The zero-order chi connectivity index (χ0) is 20.4. The fourth-order valence-corrected chi connectivity index (χ4v) is 3.52. The highest BCUT2D eigenvalue weighted by molar-refractivity contribution is 6.01. The summed E-state index contributed by atoms with van der Waals surface area (Å²) in [6, 6.07) is 9.01. The Labute approximate surface area is 163 Å². The maximum absolute atomic E-state index is 12.5. The third-order valence-electron chi connectivity index (χ3n) is 4.72. The Kier molecular flexibility index (Phi) is 5.53. The van der Waals surface area contributed by atoms with Crippen molar-refractivity contribution in [2.24, 2.45) is 0 Å². The van der Waals surface area contributed by atoms with Gasteiger partial charge in [0.15, 0.2) is 12.7 Å². The van der Waals surface area contributed by atoms with Gasteiger partial charge in [-0.3, -0.25) is 14.4 Å². The molecule has 1 atom stereocenters. The molecule has 0 bridgehead atoms. The minimum atomic E-state index is -0.983. The fraction of sp³-hybridized carbons (Fsp3) is 0.381. The van der Waals surface area contributed by atoms with Gasteiger partial charge >= 0.3 is 5.97 Å². The van der Waals surface area contributed by atoms with Crippen molar-refractivity contribution in [1.82, 2.24) is 4.57 Å². The predicted molar refractivity (Wildman–Crippen MR) is 104 cm³/mol. The Bertz CT molecular complexity index is 929. The number of amides is 1. The van der Waals surface area contributed by atoms with Crippen LogP contribution in [0.1, 0.15) is 48.1 Å². The van der Waals surface area contributed by atoms with Gasteiger partial charge in [-0.1, -0.05) is 12.1 Å². The minimum absolute atomic E-state index is 0.231. The van der Waals surface area contributed by atoms with Crippen molar-refractivity contribution in [2.75, 3.05) is 11.9 Å². The van der Waals surface area contributed by atoms with E-state index in [4.69, 9.17) is 9.47 Å². The molecule has 7 nitrogen and oxygen atoms in total. The molecule has 1 aliphatic heterocycles. The van der Waals surface area contributed by atoms with Crippen LogP contribution in [0.25, 0.3) is 0 Å². The maximum Gasteiger partial charge on any atom is 0.310 e. The van der Waals surface area contributed by atoms with Crippen molar-refractivity contribution in [1.29, 1.82) is 0 Å². The number of aromatic nitrogens is 1. The van der Waals surface area contributed by atoms with Gasteiger partial charge in [-0.2, -0.15) is 0 Å². The topological polar surface area (TPSA) is 86.6 Å². The van der Waals surface area contributed by atoms with Gasteiger partial charge in [-0.25, -0.2) is 0 Å². The summed E-state index contributed by atoms with van der Waals surface area (Å²) < 4.78 is 12.7. The van der Waals surface area contributed by atoms with Crippen molar-refractivity contribution in [3.05, 3.63) is 47.3 Å². The van der Waals surface area contributed by atoms with E-state index in [0.29, 0.717) is 17.0 Å². The third kappa shape index (κ3) is 3.93. The monoisotopic (exact) mass is 384 g/mol. The lowest BCUT2D eigenvalue weighted by Gasteiger charge is -2.25. The van der Waals surface area contributed by atoms with Gasteiger partial charge < -0.3 is 19.4 Å². The number of fused-ring (bicyclic) bond motifs is 1. The van der Waals surface area contributed by atoms with Gasteiger partial charge in [0.2, 0.25) is 5.78 Å². The van der Waals surface area contributed by atoms with Gasteiger partial charge in [0, 0.05) is 23.0 Å². The number of esters is 1. The molecule has 7 heteroatoms. The van der Waals surface area contributed by atoms with Crippen LogP contribution in [0.2, 0.25) is 0 Å². The van der Waals surface area contributed by atoms with Gasteiger partial charge in [0.25, 0.3) is 5.91 Å². The molecule has 0 aliphatic carbocycles. The van der Waals surface area contributed by atoms with Crippen LogP contribution in [0.3, 0.4) is 0 Å². The molecule has 1 aromatic carbocycles. The molecule has 1 unspecified atom stereocenters. The molecule has 0 spiro atoms. The Balaban J connectivity index is 1.58. The van der Waals surface area contributed by atoms with E-state index < -0.39 is 18.0 Å². The number of aryl methyl sites for hydroxylation is 1. The van der Waals surface area contributed by atoms with Crippen LogP contribution in [0.4, 0.5) is 5.69 Å². The van der Waals surface area contributed by atoms with E-state index in [2.05, 4.69) is 9.88 Å². The zero-order valence-electron chi connectivity index (χ0n) is 16.4. The molecule has 1 amide bonds. The summed E-state index contributed by atoms with van der Waals surface area (Å²) in [4.78, 5) is 36.7. The van der Waals surface area contributed by atoms with Crippen LogP contribution >= 0.6 is 0 Å². The number of hydrogen-bond donors (Lipinski definition) is 1. The standard InChI is InChI=1S/C21H24N2O5/c1-12(2)23-13(3)9-15(14(23)4)17(24)11-27-20(25)10-19-21(26)22-16-7-5-6-8-18(16)28-19/h5-9,12,19H,10-11H2,1-4H3,(H,22,26). The molecular formula is C21H24N2O5. The summed E-state index contributed by atoms with van der Waals surface area (Å²) in [7, 11) is 0. The average molecular weight is 384 g/mol. The molecule has 0 fully saturated rings. The number of rotatable bonds is 6. The lowest BCUT2D eigenvalue weighted by molar-refractivity contribution is -0.146. The van der Waals surface area contributed by atoms with Crippen LogP contribution in [0.5, 0.6) is 5.75 Å². The Morgan fingerprint density at radius 2 is 1.96 bits per heavy atom. The number of nitrogens with zero attached hydrogens (tertiary/aromatic N) is 1. The van der Waals surface area contributed by atoms with E-state index in [9.17, 15) is 14.4 Å². The van der Waals surface area contributed by atoms with E-state index in [1.54, 1.807) is 30.3 Å². The first-order chi connectivity index (χ1) is 13.3. The first-order valence-corrected chi connectivity index (χ1v) is 9.21. The van der Waals surface area contributed by atoms with Gasteiger partial charge in [0.1, 0.15) is 5.75 Å². The molecule has 28 heavy (non-hydrogen) atoms. The van der Waals surface area contributed by atoms with Crippen molar-refractivity contribution in [2.45, 2.75) is 46.3 Å². The molecule has 1 N–H and O–H groups in total. The van der Waals surface area contributed by atoms with Gasteiger partial charge in [-0.15, -0.1) is 0 Å². The van der Waals surface area contributed by atoms with Crippen LogP contribution in [-0.2, 0) is 14.3 Å². The Hall–Kier alpha value is -3.09. The molecular weight excluding hydrogens is 360 g/mol. The minimum Gasteiger partial charge on any atom is -0.478 e. The number of anilines is 1. The smallest absolute Gasteiger partial charge is 0.310 e. The van der Waals surface area contributed by atoms with E-state index in [-0.39, 0.29) is 24.9 Å². The van der Waals surface area contributed by atoms with E-state index in [0.717, 1.165) is 11.4 Å². The van der Waals surface area contributed by atoms with Crippen LogP contribution < -0.4 is 10.1 Å². The summed E-state index contributed by atoms with van der Waals surface area (Å²) in [5.74, 6) is -0.849. The summed E-state index contributed by atoms with van der Waals surface area (Å²) in [5.41, 5.74) is 2.93. The molecule has 0 saturated heterocycles. The SMILES string of the molecule is Cc1cc(C(=O)COC(=O)CC2Oc3ccccc3NC2=O)c(C)n1C(C)C. The summed E-state index contributed by atoms with van der Waals surface area (Å²) >= 11 is 0. The lowest BCUT2D eigenvalue weighted by atomic mass is 10.1. The van der Waals surface area contributed by atoms with Gasteiger partial charge in [0.05, 0.1) is 12.1 Å². The van der Waals surface area contributed by atoms with Crippen molar-refractivity contribution in [3.8, 4) is 5.75 Å². The second-order valence-corrected chi connectivity index (χ2v) is 7.13. The average Bonchev–Trinajstić information content (AvgIpc) is 2.94. The largest absolute Gasteiger partial charge is 0.478 e. The normalized spacial score (nSPS) is 15.6. The van der Waals surface area contributed by atoms with Crippen LogP contribution in [0.15, 0.2) is 30.3 Å². The van der Waals surface area contributed by atoms with Crippen LogP contribution in [-0.4, -0.2) is 34.9 Å². The number of nitrogens with one attached hydrogen (secondary N) is 1. The molecule has 2 aromatic rings. The Morgan fingerprint density at radius 1 is 1.25 bits per heavy atom. The third-order valence-corrected chi connectivity index (χ3v) is 4.72. The van der Waals surface area contributed by atoms with Crippen molar-refractivity contribution < 1.29 is 23.9 Å². The highest BCUT2D eigenvalue weighted by Gasteiger charge is 2.30. The molecule has 1 aromatic heterocycles. The lowest BCUT2D eigenvalue weighted by Crippen LogP contribution is -2.39. The number of para-hydroxylation sites is 2. The summed E-state index contributed by atoms with van der Waals surface area (Å²) in [5, 5.41) is 2.69. The number of hydrogen-bond acceptors (Lipinski definition) is 5. The second kappa shape index (κ2) is 7.88. The predicted octanol–water partition coefficient (Wildman–Crippen LogP) is 3.20. The molecule has 148 valence electrons. The molecule has 3 rings (SSSR count). The number of ether oxygens (including phenoxy) is 2. The molecule has 0 radical (unpaired) electrons. The number of Topliss-reactive ketones (excluding diaryl/α,β-unsaturated/α-hetero) is 1.